The first-order valence-corrected chi connectivity index (χ1v) is 6.60. The van der Waals surface area contributed by atoms with Crippen LogP contribution in [0.15, 0.2) is 0 Å². The summed E-state index contributed by atoms with van der Waals surface area (Å²) >= 11 is 0. The predicted molar refractivity (Wildman–Crippen MR) is 71.5 cm³/mol. The van der Waals surface area contributed by atoms with E-state index in [1.54, 1.807) is 7.11 Å². The molecule has 0 aromatic rings. The van der Waals surface area contributed by atoms with Crippen LogP contribution in [0.4, 0.5) is 0 Å². The van der Waals surface area contributed by atoms with E-state index in [2.05, 4.69) is 34.6 Å². The molecule has 0 bridgehead atoms. The Morgan fingerprint density at radius 1 is 0.882 bits per heavy atom. The van der Waals surface area contributed by atoms with E-state index < -0.39 is 0 Å². The van der Waals surface area contributed by atoms with Gasteiger partial charge in [0.1, 0.15) is 0 Å². The van der Waals surface area contributed by atoms with Gasteiger partial charge in [-0.3, -0.25) is 0 Å². The van der Waals surface area contributed by atoms with Crippen LogP contribution in [0, 0.1) is 0 Å². The molecule has 0 aliphatic rings. The minimum atomic E-state index is -0.0578. The Hall–Kier alpha value is -0.120. The molecule has 0 saturated heterocycles. The average Bonchev–Trinajstić information content (AvgIpc) is 2.24. The predicted octanol–water partition coefficient (Wildman–Crippen LogP) is 3.41. The summed E-state index contributed by atoms with van der Waals surface area (Å²) in [6, 6.07) is 0. The van der Waals surface area contributed by atoms with Crippen molar-refractivity contribution in [2.24, 2.45) is 0 Å². The van der Waals surface area contributed by atoms with Crippen molar-refractivity contribution >= 4 is 0 Å². The Morgan fingerprint density at radius 3 is 1.94 bits per heavy atom. The lowest BCUT2D eigenvalue weighted by molar-refractivity contribution is -0.0681. The molecule has 17 heavy (non-hydrogen) atoms. The summed E-state index contributed by atoms with van der Waals surface area (Å²) in [7, 11) is 1.73. The van der Waals surface area contributed by atoms with Crippen molar-refractivity contribution in [3.63, 3.8) is 0 Å². The van der Waals surface area contributed by atoms with Gasteiger partial charge in [0.15, 0.2) is 0 Å². The molecule has 104 valence electrons. The SMILES string of the molecule is CCC(C)(CCOC)OCCCOC(C)(C)C. The van der Waals surface area contributed by atoms with Crippen molar-refractivity contribution in [3.05, 3.63) is 0 Å². The minimum absolute atomic E-state index is 0.0515. The van der Waals surface area contributed by atoms with Gasteiger partial charge >= 0.3 is 0 Å². The van der Waals surface area contributed by atoms with Crippen LogP contribution in [0.2, 0.25) is 0 Å². The highest BCUT2D eigenvalue weighted by Gasteiger charge is 2.22. The molecule has 0 rings (SSSR count). The second-order valence-corrected chi connectivity index (χ2v) is 5.71. The topological polar surface area (TPSA) is 27.7 Å². The van der Waals surface area contributed by atoms with Crippen molar-refractivity contribution in [2.45, 2.75) is 65.1 Å². The second-order valence-electron chi connectivity index (χ2n) is 5.71. The minimum Gasteiger partial charge on any atom is -0.385 e. The van der Waals surface area contributed by atoms with Crippen molar-refractivity contribution in [1.29, 1.82) is 0 Å². The fraction of sp³-hybridized carbons (Fsp3) is 1.00. The van der Waals surface area contributed by atoms with Crippen molar-refractivity contribution < 1.29 is 14.2 Å². The molecule has 0 aliphatic heterocycles. The first-order valence-electron chi connectivity index (χ1n) is 6.60. The third kappa shape index (κ3) is 9.57. The Labute approximate surface area is 107 Å². The van der Waals surface area contributed by atoms with Crippen LogP contribution in [-0.4, -0.2) is 38.1 Å². The maximum absolute atomic E-state index is 5.94. The maximum Gasteiger partial charge on any atom is 0.0673 e. The molecule has 0 heterocycles. The van der Waals surface area contributed by atoms with Crippen LogP contribution in [-0.2, 0) is 14.2 Å². The van der Waals surface area contributed by atoms with Crippen LogP contribution in [0.25, 0.3) is 0 Å². The van der Waals surface area contributed by atoms with Gasteiger partial charge in [0.2, 0.25) is 0 Å². The van der Waals surface area contributed by atoms with Crippen LogP contribution in [0.1, 0.15) is 53.9 Å². The van der Waals surface area contributed by atoms with Gasteiger partial charge in [0.05, 0.1) is 11.2 Å². The third-order valence-electron chi connectivity index (χ3n) is 2.86. The van der Waals surface area contributed by atoms with Gasteiger partial charge in [-0.15, -0.1) is 0 Å². The van der Waals surface area contributed by atoms with Gasteiger partial charge in [0.25, 0.3) is 0 Å². The van der Waals surface area contributed by atoms with Gasteiger partial charge in [-0.2, -0.15) is 0 Å². The van der Waals surface area contributed by atoms with Gasteiger partial charge in [-0.1, -0.05) is 6.92 Å². The molecule has 0 saturated carbocycles. The molecule has 0 aromatic heterocycles. The lowest BCUT2D eigenvalue weighted by Gasteiger charge is -2.29. The van der Waals surface area contributed by atoms with Crippen LogP contribution < -0.4 is 0 Å². The Morgan fingerprint density at radius 2 is 1.47 bits per heavy atom. The molecular weight excluding hydrogens is 216 g/mol. The van der Waals surface area contributed by atoms with E-state index >= 15 is 0 Å². The molecule has 1 atom stereocenters. The zero-order valence-electron chi connectivity index (χ0n) is 12.5. The van der Waals surface area contributed by atoms with E-state index in [0.717, 1.165) is 39.1 Å². The fourth-order valence-corrected chi connectivity index (χ4v) is 1.42. The molecule has 1 unspecified atom stereocenters. The quantitative estimate of drug-likeness (QED) is 0.583. The molecular formula is C14H30O3. The van der Waals surface area contributed by atoms with E-state index in [1.807, 2.05) is 0 Å². The highest BCUT2D eigenvalue weighted by molar-refractivity contribution is 4.72. The lowest BCUT2D eigenvalue weighted by atomic mass is 9.99. The lowest BCUT2D eigenvalue weighted by Crippen LogP contribution is -2.30. The first-order chi connectivity index (χ1) is 7.83. The summed E-state index contributed by atoms with van der Waals surface area (Å²) in [4.78, 5) is 0. The van der Waals surface area contributed by atoms with Crippen LogP contribution in [0.3, 0.4) is 0 Å². The first kappa shape index (κ1) is 16.9. The van der Waals surface area contributed by atoms with Gasteiger partial charge in [0, 0.05) is 26.9 Å². The molecule has 0 amide bonds. The van der Waals surface area contributed by atoms with E-state index in [0.29, 0.717) is 0 Å². The molecule has 0 N–H and O–H groups in total. The molecule has 3 heteroatoms. The Bertz CT molecular complexity index is 186. The molecule has 3 nitrogen and oxygen atoms in total. The third-order valence-corrected chi connectivity index (χ3v) is 2.86. The molecule has 0 fully saturated rings. The zero-order valence-corrected chi connectivity index (χ0v) is 12.5. The highest BCUT2D eigenvalue weighted by Crippen LogP contribution is 2.20. The number of methoxy groups -OCH3 is 1. The molecule has 0 aromatic carbocycles. The van der Waals surface area contributed by atoms with Crippen LogP contribution >= 0.6 is 0 Å². The fourth-order valence-electron chi connectivity index (χ4n) is 1.42. The van der Waals surface area contributed by atoms with Crippen molar-refractivity contribution in [1.82, 2.24) is 0 Å². The van der Waals surface area contributed by atoms with E-state index in [4.69, 9.17) is 14.2 Å². The molecule has 0 aliphatic carbocycles. The Kier molecular flexibility index (Phi) is 8.01. The number of rotatable bonds is 9. The normalized spacial score (nSPS) is 15.9. The van der Waals surface area contributed by atoms with Gasteiger partial charge < -0.3 is 14.2 Å². The summed E-state index contributed by atoms with van der Waals surface area (Å²) < 4.78 is 16.7. The molecule has 0 radical (unpaired) electrons. The van der Waals surface area contributed by atoms with E-state index in [9.17, 15) is 0 Å². The summed E-state index contributed by atoms with van der Waals surface area (Å²) in [5, 5.41) is 0. The second kappa shape index (κ2) is 8.06. The van der Waals surface area contributed by atoms with Gasteiger partial charge in [-0.25, -0.2) is 0 Å². The maximum atomic E-state index is 5.94. The standard InChI is InChI=1S/C14H30O3/c1-7-14(5,9-12-15-6)17-11-8-10-16-13(2,3)4/h7-12H2,1-6H3. The van der Waals surface area contributed by atoms with Gasteiger partial charge in [-0.05, 0) is 47.0 Å². The number of hydrogen-bond donors (Lipinski definition) is 0. The number of hydrogen-bond acceptors (Lipinski definition) is 3. The largest absolute Gasteiger partial charge is 0.385 e. The Balaban J connectivity index is 3.69. The van der Waals surface area contributed by atoms with E-state index in [1.165, 1.54) is 0 Å². The number of ether oxygens (including phenoxy) is 3. The smallest absolute Gasteiger partial charge is 0.0673 e. The summed E-state index contributed by atoms with van der Waals surface area (Å²) in [6.45, 7) is 12.8. The van der Waals surface area contributed by atoms with E-state index in [-0.39, 0.29) is 11.2 Å². The molecule has 0 spiro atoms. The summed E-state index contributed by atoms with van der Waals surface area (Å²) in [5.41, 5.74) is -0.109. The highest BCUT2D eigenvalue weighted by atomic mass is 16.5. The average molecular weight is 246 g/mol. The van der Waals surface area contributed by atoms with Crippen LogP contribution in [0.5, 0.6) is 0 Å². The van der Waals surface area contributed by atoms with Crippen molar-refractivity contribution in [2.75, 3.05) is 26.9 Å². The zero-order chi connectivity index (χ0) is 13.4. The monoisotopic (exact) mass is 246 g/mol. The summed E-state index contributed by atoms with van der Waals surface area (Å²) in [5.74, 6) is 0. The summed E-state index contributed by atoms with van der Waals surface area (Å²) in [6.07, 6.45) is 2.90. The van der Waals surface area contributed by atoms with Crippen molar-refractivity contribution in [3.8, 4) is 0 Å².